The molecule has 2 heterocycles. The average Bonchev–Trinajstić information content (AvgIpc) is 3.06. The van der Waals surface area contributed by atoms with Crippen LogP contribution in [0.15, 0.2) is 4.34 Å². The number of rotatable bonds is 4. The molecule has 1 aromatic heterocycles. The number of thioether (sulfide) groups is 1. The summed E-state index contributed by atoms with van der Waals surface area (Å²) in [6, 6.07) is 0. The van der Waals surface area contributed by atoms with Gasteiger partial charge in [-0.05, 0) is 31.1 Å². The molecule has 1 aliphatic carbocycles. The first-order valence-corrected chi connectivity index (χ1v) is 9.03. The lowest BCUT2D eigenvalue weighted by molar-refractivity contribution is -0.128. The Labute approximate surface area is 127 Å². The van der Waals surface area contributed by atoms with Crippen molar-refractivity contribution in [1.29, 1.82) is 0 Å². The van der Waals surface area contributed by atoms with E-state index in [1.165, 1.54) is 17.8 Å². The highest BCUT2D eigenvalue weighted by atomic mass is 32.2. The standard InChI is InChI=1S/C13H20N4OS2/c1-2-19-12-17-16-11(20-12)15-10(18)13-6-4-3-5-9(13)7-14-8-13/h9,14H,2-8H2,1H3,(H,15,16,18)/t9-,13+/m0/s1. The van der Waals surface area contributed by atoms with E-state index in [1.807, 2.05) is 0 Å². The van der Waals surface area contributed by atoms with Gasteiger partial charge in [0.15, 0.2) is 4.34 Å². The minimum Gasteiger partial charge on any atom is -0.315 e. The first kappa shape index (κ1) is 14.3. The highest BCUT2D eigenvalue weighted by Crippen LogP contribution is 2.44. The van der Waals surface area contributed by atoms with Crippen molar-refractivity contribution in [2.45, 2.75) is 36.9 Å². The Morgan fingerprint density at radius 3 is 3.30 bits per heavy atom. The van der Waals surface area contributed by atoms with Crippen molar-refractivity contribution in [2.24, 2.45) is 11.3 Å². The molecule has 2 atom stereocenters. The van der Waals surface area contributed by atoms with Crippen LogP contribution in [0.3, 0.4) is 0 Å². The number of hydrogen-bond donors (Lipinski definition) is 2. The number of nitrogens with zero attached hydrogens (tertiary/aromatic N) is 2. The maximum absolute atomic E-state index is 12.7. The number of anilines is 1. The molecular weight excluding hydrogens is 292 g/mol. The predicted molar refractivity (Wildman–Crippen MR) is 82.2 cm³/mol. The Morgan fingerprint density at radius 2 is 2.45 bits per heavy atom. The van der Waals surface area contributed by atoms with Gasteiger partial charge in [0, 0.05) is 6.54 Å². The fourth-order valence-corrected chi connectivity index (χ4v) is 5.00. The van der Waals surface area contributed by atoms with Crippen LogP contribution < -0.4 is 10.6 Å². The Kier molecular flexibility index (Phi) is 4.28. The molecule has 1 aromatic rings. The lowest BCUT2D eigenvalue weighted by Gasteiger charge is -2.36. The molecule has 1 saturated heterocycles. The van der Waals surface area contributed by atoms with Crippen LogP contribution in [-0.4, -0.2) is 34.9 Å². The lowest BCUT2D eigenvalue weighted by atomic mass is 9.68. The van der Waals surface area contributed by atoms with Gasteiger partial charge >= 0.3 is 0 Å². The number of carbonyl (C=O) groups excluding carboxylic acids is 1. The van der Waals surface area contributed by atoms with Crippen LogP contribution >= 0.6 is 23.1 Å². The van der Waals surface area contributed by atoms with Gasteiger partial charge in [0.25, 0.3) is 0 Å². The number of hydrogen-bond acceptors (Lipinski definition) is 6. The van der Waals surface area contributed by atoms with Gasteiger partial charge in [0.2, 0.25) is 11.0 Å². The van der Waals surface area contributed by atoms with Crippen molar-refractivity contribution in [3.63, 3.8) is 0 Å². The zero-order valence-electron chi connectivity index (χ0n) is 11.6. The van der Waals surface area contributed by atoms with E-state index in [9.17, 15) is 4.79 Å². The molecule has 5 nitrogen and oxygen atoms in total. The molecule has 7 heteroatoms. The van der Waals surface area contributed by atoms with Gasteiger partial charge in [-0.2, -0.15) is 0 Å². The van der Waals surface area contributed by atoms with Crippen molar-refractivity contribution < 1.29 is 4.79 Å². The second kappa shape index (κ2) is 5.99. The van der Waals surface area contributed by atoms with Gasteiger partial charge in [0.1, 0.15) is 0 Å². The molecule has 1 aliphatic heterocycles. The highest BCUT2D eigenvalue weighted by Gasteiger charge is 2.50. The number of aromatic nitrogens is 2. The summed E-state index contributed by atoms with van der Waals surface area (Å²) in [6.07, 6.45) is 4.55. The second-order valence-electron chi connectivity index (χ2n) is 5.49. The van der Waals surface area contributed by atoms with E-state index in [0.29, 0.717) is 11.0 Å². The molecular formula is C13H20N4OS2. The third kappa shape index (κ3) is 2.58. The van der Waals surface area contributed by atoms with Gasteiger partial charge in [-0.1, -0.05) is 42.9 Å². The van der Waals surface area contributed by atoms with Crippen molar-refractivity contribution in [3.05, 3.63) is 0 Å². The molecule has 3 rings (SSSR count). The number of carbonyl (C=O) groups is 1. The summed E-state index contributed by atoms with van der Waals surface area (Å²) in [5, 5.41) is 15.2. The monoisotopic (exact) mass is 312 g/mol. The third-order valence-electron chi connectivity index (χ3n) is 4.39. The molecule has 0 bridgehead atoms. The van der Waals surface area contributed by atoms with E-state index < -0.39 is 0 Å². The van der Waals surface area contributed by atoms with E-state index in [1.54, 1.807) is 11.8 Å². The van der Waals surface area contributed by atoms with Crippen LogP contribution in [0.5, 0.6) is 0 Å². The summed E-state index contributed by atoms with van der Waals surface area (Å²) in [4.78, 5) is 12.7. The first-order chi connectivity index (χ1) is 9.74. The molecule has 0 spiro atoms. The largest absolute Gasteiger partial charge is 0.315 e. The topological polar surface area (TPSA) is 66.9 Å². The number of amides is 1. The third-order valence-corrected chi connectivity index (χ3v) is 6.24. The van der Waals surface area contributed by atoms with Gasteiger partial charge in [-0.25, -0.2) is 0 Å². The van der Waals surface area contributed by atoms with Crippen molar-refractivity contribution in [2.75, 3.05) is 24.2 Å². The quantitative estimate of drug-likeness (QED) is 0.660. The maximum atomic E-state index is 12.7. The molecule has 1 saturated carbocycles. The van der Waals surface area contributed by atoms with Crippen molar-refractivity contribution in [1.82, 2.24) is 15.5 Å². The summed E-state index contributed by atoms with van der Waals surface area (Å²) in [5.41, 5.74) is -0.220. The van der Waals surface area contributed by atoms with E-state index >= 15 is 0 Å². The van der Waals surface area contributed by atoms with Crippen LogP contribution in [0.25, 0.3) is 0 Å². The highest BCUT2D eigenvalue weighted by molar-refractivity contribution is 8.01. The average molecular weight is 312 g/mol. The number of nitrogens with one attached hydrogen (secondary N) is 2. The minimum atomic E-state index is -0.220. The summed E-state index contributed by atoms with van der Waals surface area (Å²) < 4.78 is 0.921. The Balaban J connectivity index is 1.71. The molecule has 20 heavy (non-hydrogen) atoms. The minimum absolute atomic E-state index is 0.136. The van der Waals surface area contributed by atoms with Crippen LogP contribution in [0.2, 0.25) is 0 Å². The van der Waals surface area contributed by atoms with Gasteiger partial charge in [0.05, 0.1) is 5.41 Å². The lowest BCUT2D eigenvalue weighted by Crippen LogP contribution is -2.44. The summed E-state index contributed by atoms with van der Waals surface area (Å²) in [6.45, 7) is 3.86. The smallest absolute Gasteiger partial charge is 0.234 e. The van der Waals surface area contributed by atoms with E-state index in [2.05, 4.69) is 27.8 Å². The first-order valence-electron chi connectivity index (χ1n) is 7.23. The molecule has 2 aliphatic rings. The molecule has 0 aromatic carbocycles. The van der Waals surface area contributed by atoms with Crippen LogP contribution in [0.4, 0.5) is 5.13 Å². The van der Waals surface area contributed by atoms with Crippen LogP contribution in [0.1, 0.15) is 32.6 Å². The second-order valence-corrected chi connectivity index (χ2v) is 7.98. The van der Waals surface area contributed by atoms with Gasteiger partial charge < -0.3 is 5.32 Å². The van der Waals surface area contributed by atoms with Crippen LogP contribution in [0, 0.1) is 11.3 Å². The zero-order chi connectivity index (χ0) is 14.0. The fourth-order valence-electron chi connectivity index (χ4n) is 3.35. The summed E-state index contributed by atoms with van der Waals surface area (Å²) >= 11 is 3.13. The van der Waals surface area contributed by atoms with Gasteiger partial charge in [-0.15, -0.1) is 10.2 Å². The normalized spacial score (nSPS) is 29.1. The summed E-state index contributed by atoms with van der Waals surface area (Å²) in [7, 11) is 0. The Hall–Kier alpha value is -0.660. The molecule has 2 N–H and O–H groups in total. The SMILES string of the molecule is CCSc1nnc(NC(=O)[C@@]23CCCC[C@H]2CNC3)s1. The van der Waals surface area contributed by atoms with Crippen LogP contribution in [-0.2, 0) is 4.79 Å². The molecule has 1 amide bonds. The molecule has 2 fully saturated rings. The van der Waals surface area contributed by atoms with Gasteiger partial charge in [-0.3, -0.25) is 10.1 Å². The molecule has 110 valence electrons. The molecule has 0 radical (unpaired) electrons. The summed E-state index contributed by atoms with van der Waals surface area (Å²) in [5.74, 6) is 1.59. The Bertz CT molecular complexity index is 492. The predicted octanol–water partition coefficient (Wildman–Crippen LogP) is 2.37. The Morgan fingerprint density at radius 1 is 1.55 bits per heavy atom. The number of fused-ring (bicyclic) bond motifs is 1. The van der Waals surface area contributed by atoms with E-state index in [-0.39, 0.29) is 11.3 Å². The van der Waals surface area contributed by atoms with E-state index in [4.69, 9.17) is 0 Å². The fraction of sp³-hybridized carbons (Fsp3) is 0.769. The van der Waals surface area contributed by atoms with Crippen molar-refractivity contribution >= 4 is 34.1 Å². The van der Waals surface area contributed by atoms with Crippen molar-refractivity contribution in [3.8, 4) is 0 Å². The maximum Gasteiger partial charge on any atom is 0.234 e. The zero-order valence-corrected chi connectivity index (χ0v) is 13.3. The van der Waals surface area contributed by atoms with E-state index in [0.717, 1.165) is 42.4 Å². The molecule has 0 unspecified atom stereocenters.